The van der Waals surface area contributed by atoms with Crippen molar-refractivity contribution < 1.29 is 14.4 Å². The fourth-order valence-electron chi connectivity index (χ4n) is 4.61. The van der Waals surface area contributed by atoms with E-state index in [1.54, 1.807) is 30.5 Å². The van der Waals surface area contributed by atoms with Crippen LogP contribution in [-0.4, -0.2) is 22.7 Å². The third kappa shape index (κ3) is 5.30. The number of benzene rings is 2. The Balaban J connectivity index is 2.10. The van der Waals surface area contributed by atoms with Gasteiger partial charge in [-0.3, -0.25) is 19.3 Å². The van der Waals surface area contributed by atoms with Crippen molar-refractivity contribution in [3.8, 4) is 0 Å². The van der Waals surface area contributed by atoms with Crippen molar-refractivity contribution in [3.63, 3.8) is 0 Å². The predicted molar refractivity (Wildman–Crippen MR) is 142 cm³/mol. The summed E-state index contributed by atoms with van der Waals surface area (Å²) in [6, 6.07) is 20.1. The van der Waals surface area contributed by atoms with E-state index < -0.39 is 16.9 Å². The molecule has 2 aromatic carbocycles. The third-order valence-electron chi connectivity index (χ3n) is 6.35. The molecule has 7 heteroatoms. The maximum Gasteiger partial charge on any atom is 0.248 e. The lowest BCUT2D eigenvalue weighted by atomic mass is 9.67. The number of nitrogens with one attached hydrogen (secondary N) is 1. The van der Waals surface area contributed by atoms with Gasteiger partial charge in [0.25, 0.3) is 0 Å². The van der Waals surface area contributed by atoms with Crippen LogP contribution in [0.15, 0.2) is 72.9 Å². The minimum absolute atomic E-state index is 0.0787. The lowest BCUT2D eigenvalue weighted by molar-refractivity contribution is -0.133. The number of carbonyl (C=O) groups is 3. The molecule has 0 radical (unpaired) electrons. The van der Waals surface area contributed by atoms with Gasteiger partial charge in [0.15, 0.2) is 5.54 Å². The van der Waals surface area contributed by atoms with E-state index in [0.29, 0.717) is 17.1 Å². The summed E-state index contributed by atoms with van der Waals surface area (Å²) in [5.41, 5.74) is 6.90. The number of nitrogens with two attached hydrogens (primary N) is 1. The number of para-hydroxylation sites is 1. The summed E-state index contributed by atoms with van der Waals surface area (Å²) in [5.74, 6) is -0.961. The molecular weight excluding hydrogens is 452 g/mol. The van der Waals surface area contributed by atoms with Crippen LogP contribution in [0.1, 0.15) is 50.3 Å². The molecule has 7 nitrogen and oxygen atoms in total. The number of hydrogen-bond donors (Lipinski definition) is 2. The van der Waals surface area contributed by atoms with Crippen LogP contribution in [0.4, 0.5) is 11.5 Å². The minimum Gasteiger partial charge on any atom is -0.367 e. The molecule has 3 N–H and O–H groups in total. The summed E-state index contributed by atoms with van der Waals surface area (Å²) in [6.45, 7) is 9.52. The van der Waals surface area contributed by atoms with Gasteiger partial charge in [0.1, 0.15) is 5.82 Å². The number of amides is 3. The maximum absolute atomic E-state index is 14.0. The number of pyridine rings is 1. The molecule has 0 spiro atoms. The van der Waals surface area contributed by atoms with Crippen molar-refractivity contribution >= 4 is 29.2 Å². The average molecular weight is 487 g/mol. The minimum atomic E-state index is -1.51. The molecule has 3 rings (SSSR count). The van der Waals surface area contributed by atoms with Crippen LogP contribution in [0.5, 0.6) is 0 Å². The van der Waals surface area contributed by atoms with Gasteiger partial charge >= 0.3 is 0 Å². The molecule has 0 aliphatic heterocycles. The number of aromatic nitrogens is 1. The number of anilines is 2. The van der Waals surface area contributed by atoms with Crippen LogP contribution >= 0.6 is 0 Å². The normalized spacial score (nSPS) is 12.9. The number of nitrogens with zero attached hydrogens (tertiary/aromatic N) is 2. The molecule has 188 valence electrons. The average Bonchev–Trinajstić information content (AvgIpc) is 2.82. The molecular formula is C29H34N4O3. The first-order valence-electron chi connectivity index (χ1n) is 11.9. The number of primary amides is 1. The SMILES string of the molecule is Cc1ccc(C(C(N)=O)(N(C(=O)CCC(=O)Nc2ccccn2)c2ccccc2C)C(C)(C)C)cc1. The van der Waals surface area contributed by atoms with Gasteiger partial charge in [-0.1, -0.05) is 74.9 Å². The lowest BCUT2D eigenvalue weighted by Gasteiger charge is -2.50. The molecule has 1 aromatic heterocycles. The summed E-state index contributed by atoms with van der Waals surface area (Å²) in [5, 5.41) is 2.70. The van der Waals surface area contributed by atoms with Crippen LogP contribution < -0.4 is 16.0 Å². The van der Waals surface area contributed by atoms with E-state index in [9.17, 15) is 14.4 Å². The van der Waals surface area contributed by atoms with Crippen molar-refractivity contribution in [2.75, 3.05) is 10.2 Å². The Morgan fingerprint density at radius 3 is 2.08 bits per heavy atom. The second-order valence-electron chi connectivity index (χ2n) is 9.97. The molecule has 0 aliphatic carbocycles. The highest BCUT2D eigenvalue weighted by Crippen LogP contribution is 2.47. The molecule has 0 aliphatic rings. The monoisotopic (exact) mass is 486 g/mol. The standard InChI is InChI=1S/C29H34N4O3/c1-20-13-15-22(16-14-20)29(27(30)36,28(3,4)5)33(23-11-7-6-10-21(23)2)26(35)18-17-25(34)32-24-12-8-9-19-31-24/h6-16,19H,17-18H2,1-5H3,(H2,30,36)(H,31,32,34). The fourth-order valence-corrected chi connectivity index (χ4v) is 4.61. The van der Waals surface area contributed by atoms with Crippen LogP contribution in [0.3, 0.4) is 0 Å². The van der Waals surface area contributed by atoms with E-state index in [4.69, 9.17) is 5.73 Å². The van der Waals surface area contributed by atoms with Crippen molar-refractivity contribution in [1.29, 1.82) is 0 Å². The Bertz CT molecular complexity index is 1230. The molecule has 0 fully saturated rings. The summed E-state index contributed by atoms with van der Waals surface area (Å²) < 4.78 is 0. The van der Waals surface area contributed by atoms with E-state index in [-0.39, 0.29) is 24.7 Å². The highest BCUT2D eigenvalue weighted by Gasteiger charge is 2.55. The summed E-state index contributed by atoms with van der Waals surface area (Å²) >= 11 is 0. The van der Waals surface area contributed by atoms with Gasteiger partial charge in [-0.05, 0) is 48.6 Å². The first-order valence-corrected chi connectivity index (χ1v) is 11.9. The Labute approximate surface area is 212 Å². The highest BCUT2D eigenvalue weighted by molar-refractivity contribution is 6.06. The summed E-state index contributed by atoms with van der Waals surface area (Å²) in [7, 11) is 0. The van der Waals surface area contributed by atoms with E-state index >= 15 is 0 Å². The first kappa shape index (κ1) is 26.6. The van der Waals surface area contributed by atoms with Crippen LogP contribution in [0.25, 0.3) is 0 Å². The van der Waals surface area contributed by atoms with Crippen LogP contribution in [0, 0.1) is 19.3 Å². The van der Waals surface area contributed by atoms with Crippen molar-refractivity contribution in [1.82, 2.24) is 4.98 Å². The van der Waals surface area contributed by atoms with Crippen molar-refractivity contribution in [2.45, 2.75) is 53.0 Å². The number of carbonyl (C=O) groups excluding carboxylic acids is 3. The second-order valence-corrected chi connectivity index (χ2v) is 9.97. The van der Waals surface area contributed by atoms with E-state index in [2.05, 4.69) is 10.3 Å². The smallest absolute Gasteiger partial charge is 0.248 e. The Hall–Kier alpha value is -4.00. The Morgan fingerprint density at radius 1 is 0.889 bits per heavy atom. The second kappa shape index (κ2) is 10.7. The molecule has 0 saturated carbocycles. The van der Waals surface area contributed by atoms with E-state index in [1.807, 2.05) is 77.1 Å². The zero-order chi connectivity index (χ0) is 26.5. The van der Waals surface area contributed by atoms with Gasteiger partial charge in [0.05, 0.1) is 0 Å². The molecule has 3 aromatic rings. The quantitative estimate of drug-likeness (QED) is 0.473. The Morgan fingerprint density at radius 2 is 1.53 bits per heavy atom. The van der Waals surface area contributed by atoms with Crippen LogP contribution in [0.2, 0.25) is 0 Å². The van der Waals surface area contributed by atoms with E-state index in [0.717, 1.165) is 11.1 Å². The molecule has 0 bridgehead atoms. The molecule has 1 atom stereocenters. The Kier molecular flexibility index (Phi) is 7.93. The zero-order valence-corrected chi connectivity index (χ0v) is 21.5. The molecule has 36 heavy (non-hydrogen) atoms. The van der Waals surface area contributed by atoms with E-state index in [1.165, 1.54) is 4.90 Å². The molecule has 1 heterocycles. The molecule has 1 unspecified atom stereocenters. The predicted octanol–water partition coefficient (Wildman–Crippen LogP) is 4.88. The number of aryl methyl sites for hydroxylation is 2. The summed E-state index contributed by atoms with van der Waals surface area (Å²) in [4.78, 5) is 45.7. The number of rotatable bonds is 8. The van der Waals surface area contributed by atoms with Gasteiger partial charge in [-0.25, -0.2) is 4.98 Å². The molecule has 3 amide bonds. The maximum atomic E-state index is 14.0. The first-order chi connectivity index (χ1) is 17.0. The molecule has 0 saturated heterocycles. The van der Waals surface area contributed by atoms with Gasteiger partial charge in [-0.2, -0.15) is 0 Å². The number of hydrogen-bond acceptors (Lipinski definition) is 4. The topological polar surface area (TPSA) is 105 Å². The third-order valence-corrected chi connectivity index (χ3v) is 6.35. The zero-order valence-electron chi connectivity index (χ0n) is 21.5. The van der Waals surface area contributed by atoms with Gasteiger partial charge in [0.2, 0.25) is 17.7 Å². The van der Waals surface area contributed by atoms with Crippen molar-refractivity contribution in [2.24, 2.45) is 11.1 Å². The van der Waals surface area contributed by atoms with Gasteiger partial charge in [0, 0.05) is 24.7 Å². The van der Waals surface area contributed by atoms with Gasteiger partial charge in [-0.15, -0.1) is 0 Å². The highest BCUT2D eigenvalue weighted by atomic mass is 16.2. The fraction of sp³-hybridized carbons (Fsp3) is 0.310. The van der Waals surface area contributed by atoms with Crippen molar-refractivity contribution in [3.05, 3.63) is 89.6 Å². The lowest BCUT2D eigenvalue weighted by Crippen LogP contribution is -2.64. The van der Waals surface area contributed by atoms with Gasteiger partial charge < -0.3 is 11.1 Å². The largest absolute Gasteiger partial charge is 0.367 e. The van der Waals surface area contributed by atoms with Crippen LogP contribution in [-0.2, 0) is 19.9 Å². The summed E-state index contributed by atoms with van der Waals surface area (Å²) in [6.07, 6.45) is 1.38.